The smallest absolute Gasteiger partial charge is 0.271 e. The van der Waals surface area contributed by atoms with E-state index in [4.69, 9.17) is 5.73 Å². The molecule has 2 unspecified atom stereocenters. The van der Waals surface area contributed by atoms with Crippen LogP contribution in [0, 0.1) is 12.8 Å². The molecule has 106 valence electrons. The van der Waals surface area contributed by atoms with Gasteiger partial charge in [0.1, 0.15) is 5.69 Å². The molecule has 1 aromatic rings. The first-order valence-corrected chi connectivity index (χ1v) is 7.09. The van der Waals surface area contributed by atoms with Gasteiger partial charge in [-0.3, -0.25) is 9.48 Å². The molecule has 1 aliphatic rings. The van der Waals surface area contributed by atoms with Gasteiger partial charge in [0.2, 0.25) is 0 Å². The van der Waals surface area contributed by atoms with Crippen LogP contribution in [0.4, 0.5) is 5.69 Å². The number of hydrogen-bond donors (Lipinski definition) is 2. The summed E-state index contributed by atoms with van der Waals surface area (Å²) in [5.41, 5.74) is 7.60. The van der Waals surface area contributed by atoms with Gasteiger partial charge in [-0.05, 0) is 32.1 Å². The minimum absolute atomic E-state index is 0.0971. The Balaban J connectivity index is 2.04. The van der Waals surface area contributed by atoms with E-state index in [1.807, 2.05) is 6.92 Å². The number of nitrogens with one attached hydrogen (secondary N) is 1. The van der Waals surface area contributed by atoms with Crippen molar-refractivity contribution in [3.8, 4) is 0 Å². The normalized spacial score (nSPS) is 23.9. The molecule has 2 atom stereocenters. The Bertz CT molecular complexity index is 466. The quantitative estimate of drug-likeness (QED) is 0.802. The molecule has 5 heteroatoms. The van der Waals surface area contributed by atoms with Gasteiger partial charge in [-0.15, -0.1) is 0 Å². The number of nitrogen functional groups attached to an aromatic ring is 1. The molecule has 1 aliphatic carbocycles. The second-order valence-corrected chi connectivity index (χ2v) is 5.76. The van der Waals surface area contributed by atoms with Gasteiger partial charge >= 0.3 is 0 Å². The standard InChI is InChI=1S/C14H24N4O/c1-9-5-4-6-11(8-7-9)16-14(19)13-12(15)10(2)17-18(13)3/h9,11H,4-8,15H2,1-3H3,(H,16,19). The number of amides is 1. The SMILES string of the molecule is Cc1nn(C)c(C(=O)NC2CCCC(C)CC2)c1N. The molecule has 0 spiro atoms. The second kappa shape index (κ2) is 5.63. The summed E-state index contributed by atoms with van der Waals surface area (Å²) >= 11 is 0. The predicted octanol–water partition coefficient (Wildman–Crippen LogP) is 2.01. The maximum absolute atomic E-state index is 12.3. The van der Waals surface area contributed by atoms with Crippen LogP contribution in [-0.4, -0.2) is 21.7 Å². The van der Waals surface area contributed by atoms with E-state index < -0.39 is 0 Å². The van der Waals surface area contributed by atoms with E-state index in [1.54, 1.807) is 11.7 Å². The maximum atomic E-state index is 12.3. The molecule has 19 heavy (non-hydrogen) atoms. The zero-order valence-corrected chi connectivity index (χ0v) is 12.1. The summed E-state index contributed by atoms with van der Waals surface area (Å²) in [5.74, 6) is 0.672. The molecule has 0 saturated heterocycles. The average Bonchev–Trinajstić information content (AvgIpc) is 2.51. The van der Waals surface area contributed by atoms with Crippen LogP contribution >= 0.6 is 0 Å². The lowest BCUT2D eigenvalue weighted by Gasteiger charge is -2.16. The predicted molar refractivity (Wildman–Crippen MR) is 75.9 cm³/mol. The largest absolute Gasteiger partial charge is 0.395 e. The van der Waals surface area contributed by atoms with Crippen LogP contribution in [0.15, 0.2) is 0 Å². The van der Waals surface area contributed by atoms with Gasteiger partial charge in [-0.2, -0.15) is 5.10 Å². The van der Waals surface area contributed by atoms with Gasteiger partial charge in [0.05, 0.1) is 11.4 Å². The lowest BCUT2D eigenvalue weighted by atomic mass is 10.0. The number of nitrogens with two attached hydrogens (primary N) is 1. The Morgan fingerprint density at radius 3 is 2.74 bits per heavy atom. The highest BCUT2D eigenvalue weighted by molar-refractivity contribution is 5.98. The monoisotopic (exact) mass is 264 g/mol. The van der Waals surface area contributed by atoms with Crippen molar-refractivity contribution in [2.75, 3.05) is 5.73 Å². The lowest BCUT2D eigenvalue weighted by molar-refractivity contribution is 0.0924. The summed E-state index contributed by atoms with van der Waals surface area (Å²) < 4.78 is 1.57. The Morgan fingerprint density at radius 1 is 1.37 bits per heavy atom. The third-order valence-corrected chi connectivity index (χ3v) is 4.08. The van der Waals surface area contributed by atoms with Crippen LogP contribution in [0.3, 0.4) is 0 Å². The lowest BCUT2D eigenvalue weighted by Crippen LogP contribution is -2.35. The summed E-state index contributed by atoms with van der Waals surface area (Å²) in [6.07, 6.45) is 5.76. The van der Waals surface area contributed by atoms with E-state index in [2.05, 4.69) is 17.3 Å². The first-order chi connectivity index (χ1) is 8.99. The summed E-state index contributed by atoms with van der Waals surface area (Å²) in [6.45, 7) is 4.10. The van der Waals surface area contributed by atoms with Crippen LogP contribution in [0.25, 0.3) is 0 Å². The molecule has 0 aliphatic heterocycles. The number of anilines is 1. The average molecular weight is 264 g/mol. The molecule has 5 nitrogen and oxygen atoms in total. The number of carbonyl (C=O) groups excluding carboxylic acids is 1. The number of hydrogen-bond acceptors (Lipinski definition) is 3. The third kappa shape index (κ3) is 3.08. The highest BCUT2D eigenvalue weighted by atomic mass is 16.2. The van der Waals surface area contributed by atoms with Crippen molar-refractivity contribution in [2.45, 2.75) is 52.0 Å². The minimum Gasteiger partial charge on any atom is -0.395 e. The summed E-state index contributed by atoms with van der Waals surface area (Å²) in [4.78, 5) is 12.3. The van der Waals surface area contributed by atoms with E-state index >= 15 is 0 Å². The first kappa shape index (κ1) is 13.9. The van der Waals surface area contributed by atoms with Crippen molar-refractivity contribution in [3.63, 3.8) is 0 Å². The van der Waals surface area contributed by atoms with Crippen molar-refractivity contribution >= 4 is 11.6 Å². The Kier molecular flexibility index (Phi) is 4.12. The molecule has 3 N–H and O–H groups in total. The molecule has 2 rings (SSSR count). The van der Waals surface area contributed by atoms with Crippen molar-refractivity contribution in [1.82, 2.24) is 15.1 Å². The third-order valence-electron chi connectivity index (χ3n) is 4.08. The molecule has 0 aromatic carbocycles. The van der Waals surface area contributed by atoms with Crippen LogP contribution in [-0.2, 0) is 7.05 Å². The Hall–Kier alpha value is -1.52. The van der Waals surface area contributed by atoms with Crippen molar-refractivity contribution in [1.29, 1.82) is 0 Å². The highest BCUT2D eigenvalue weighted by Crippen LogP contribution is 2.23. The zero-order valence-electron chi connectivity index (χ0n) is 12.1. The molecule has 1 amide bonds. The van der Waals surface area contributed by atoms with Gasteiger partial charge in [0.15, 0.2) is 0 Å². The summed E-state index contributed by atoms with van der Waals surface area (Å²) in [7, 11) is 1.76. The fourth-order valence-electron chi connectivity index (χ4n) is 2.83. The van der Waals surface area contributed by atoms with Crippen LogP contribution in [0.1, 0.15) is 55.2 Å². The fourth-order valence-corrected chi connectivity index (χ4v) is 2.83. The minimum atomic E-state index is -0.0971. The highest BCUT2D eigenvalue weighted by Gasteiger charge is 2.22. The zero-order chi connectivity index (χ0) is 14.0. The van der Waals surface area contributed by atoms with E-state index in [0.717, 1.165) is 18.8 Å². The van der Waals surface area contributed by atoms with Crippen molar-refractivity contribution in [2.24, 2.45) is 13.0 Å². The maximum Gasteiger partial charge on any atom is 0.271 e. The number of nitrogens with zero attached hydrogens (tertiary/aromatic N) is 2. The topological polar surface area (TPSA) is 72.9 Å². The van der Waals surface area contributed by atoms with E-state index in [9.17, 15) is 4.79 Å². The molecular weight excluding hydrogens is 240 g/mol. The number of aryl methyl sites for hydroxylation is 2. The van der Waals surface area contributed by atoms with Crippen LogP contribution in [0.2, 0.25) is 0 Å². The number of aromatic nitrogens is 2. The molecular formula is C14H24N4O. The van der Waals surface area contributed by atoms with E-state index in [0.29, 0.717) is 17.1 Å². The van der Waals surface area contributed by atoms with Gasteiger partial charge in [0.25, 0.3) is 5.91 Å². The molecule has 1 saturated carbocycles. The number of rotatable bonds is 2. The molecule has 1 fully saturated rings. The van der Waals surface area contributed by atoms with Crippen LogP contribution < -0.4 is 11.1 Å². The Morgan fingerprint density at radius 2 is 2.11 bits per heavy atom. The van der Waals surface area contributed by atoms with Crippen molar-refractivity contribution < 1.29 is 4.79 Å². The van der Waals surface area contributed by atoms with Gasteiger partial charge in [-0.1, -0.05) is 19.8 Å². The summed E-state index contributed by atoms with van der Waals surface area (Å²) in [5, 5.41) is 7.30. The first-order valence-electron chi connectivity index (χ1n) is 7.09. The molecule has 1 heterocycles. The van der Waals surface area contributed by atoms with Gasteiger partial charge in [0, 0.05) is 13.1 Å². The molecule has 1 aromatic heterocycles. The fraction of sp³-hybridized carbons (Fsp3) is 0.714. The molecule has 0 bridgehead atoms. The van der Waals surface area contributed by atoms with Crippen LogP contribution in [0.5, 0.6) is 0 Å². The van der Waals surface area contributed by atoms with Gasteiger partial charge in [-0.25, -0.2) is 0 Å². The molecule has 0 radical (unpaired) electrons. The van der Waals surface area contributed by atoms with Gasteiger partial charge < -0.3 is 11.1 Å². The Labute approximate surface area is 114 Å². The van der Waals surface area contributed by atoms with Crippen molar-refractivity contribution in [3.05, 3.63) is 11.4 Å². The van der Waals surface area contributed by atoms with E-state index in [1.165, 1.54) is 19.3 Å². The summed E-state index contributed by atoms with van der Waals surface area (Å²) in [6, 6.07) is 0.270. The second-order valence-electron chi connectivity index (χ2n) is 5.76. The number of carbonyl (C=O) groups is 1. The van der Waals surface area contributed by atoms with E-state index in [-0.39, 0.29) is 11.9 Å².